The summed E-state index contributed by atoms with van der Waals surface area (Å²) < 4.78 is 10.0. The van der Waals surface area contributed by atoms with Crippen molar-refractivity contribution in [2.75, 3.05) is 14.2 Å². The van der Waals surface area contributed by atoms with Crippen LogP contribution in [0.15, 0.2) is 12.1 Å². The van der Waals surface area contributed by atoms with Gasteiger partial charge in [-0.05, 0) is 6.07 Å². The van der Waals surface area contributed by atoms with Crippen molar-refractivity contribution >= 4 is 0 Å². The number of aromatic hydroxyl groups is 1. The summed E-state index contributed by atoms with van der Waals surface area (Å²) in [6, 6.07) is 3.03. The van der Waals surface area contributed by atoms with Gasteiger partial charge in [0.25, 0.3) is 0 Å². The molecule has 0 atom stereocenters. The molecule has 0 aliphatic rings. The number of rotatable bonds is 4. The molecular weight excluding hydrogens is 186 g/mol. The van der Waals surface area contributed by atoms with Crippen molar-refractivity contribution in [3.05, 3.63) is 17.7 Å². The van der Waals surface area contributed by atoms with Gasteiger partial charge < -0.3 is 19.8 Å². The number of phenols is 1. The summed E-state index contributed by atoms with van der Waals surface area (Å²) in [4.78, 5) is 0. The molecule has 0 amide bonds. The monoisotopic (exact) mass is 199 g/mol. The first-order chi connectivity index (χ1) is 6.72. The van der Waals surface area contributed by atoms with E-state index < -0.39 is 0 Å². The topological polar surface area (TPSA) is 71.0 Å². The van der Waals surface area contributed by atoms with Gasteiger partial charge in [-0.1, -0.05) is 0 Å². The number of methoxy groups -OCH3 is 2. The number of nitrogens with one attached hydrogen (secondary N) is 1. The van der Waals surface area contributed by atoms with Crippen LogP contribution < -0.4 is 15.0 Å². The second-order valence-electron chi connectivity index (χ2n) is 2.67. The van der Waals surface area contributed by atoms with Gasteiger partial charge in [-0.15, -0.1) is 0 Å². The third-order valence-electron chi connectivity index (χ3n) is 1.85. The zero-order chi connectivity index (χ0) is 10.6. The van der Waals surface area contributed by atoms with E-state index in [0.717, 1.165) is 0 Å². The van der Waals surface area contributed by atoms with Crippen molar-refractivity contribution in [3.63, 3.8) is 0 Å². The molecule has 0 spiro atoms. The Bertz CT molecular complexity index is 314. The zero-order valence-electron chi connectivity index (χ0n) is 8.07. The van der Waals surface area contributed by atoms with Crippen molar-refractivity contribution in [2.45, 2.75) is 6.54 Å². The quantitative estimate of drug-likeness (QED) is 0.628. The molecule has 1 rings (SSSR count). The molecule has 3 N–H and O–H groups in total. The number of hydrogen-bond acceptors (Lipinski definition) is 5. The van der Waals surface area contributed by atoms with Crippen LogP contribution in [-0.4, -0.2) is 24.5 Å². The smallest absolute Gasteiger partial charge is 0.164 e. The molecule has 0 aliphatic carbocycles. The first-order valence-corrected chi connectivity index (χ1v) is 4.03. The van der Waals surface area contributed by atoms with E-state index in [-0.39, 0.29) is 12.3 Å². The summed E-state index contributed by atoms with van der Waals surface area (Å²) in [5, 5.41) is 18.0. The lowest BCUT2D eigenvalue weighted by Crippen LogP contribution is -2.06. The second-order valence-corrected chi connectivity index (χ2v) is 2.67. The summed E-state index contributed by atoms with van der Waals surface area (Å²) in [6.45, 7) is 0.145. The van der Waals surface area contributed by atoms with Crippen molar-refractivity contribution in [1.29, 1.82) is 0 Å². The molecule has 0 saturated carbocycles. The molecule has 0 bridgehead atoms. The maximum Gasteiger partial charge on any atom is 0.164 e. The Morgan fingerprint density at radius 2 is 1.79 bits per heavy atom. The largest absolute Gasteiger partial charge is 0.507 e. The normalized spacial score (nSPS) is 9.93. The number of hydrogen-bond donors (Lipinski definition) is 3. The van der Waals surface area contributed by atoms with Gasteiger partial charge in [0, 0.05) is 18.2 Å². The van der Waals surface area contributed by atoms with Crippen LogP contribution in [0, 0.1) is 0 Å². The minimum atomic E-state index is 0.0456. The van der Waals surface area contributed by atoms with Gasteiger partial charge >= 0.3 is 0 Å². The molecular formula is C9H13NO4. The van der Waals surface area contributed by atoms with Gasteiger partial charge in [0.05, 0.1) is 14.2 Å². The highest BCUT2D eigenvalue weighted by molar-refractivity contribution is 5.49. The fourth-order valence-corrected chi connectivity index (χ4v) is 1.14. The highest BCUT2D eigenvalue weighted by Gasteiger charge is 2.09. The van der Waals surface area contributed by atoms with E-state index in [1.165, 1.54) is 20.3 Å². The average Bonchev–Trinajstić information content (AvgIpc) is 2.20. The fraction of sp³-hybridized carbons (Fsp3) is 0.333. The molecule has 0 heterocycles. The van der Waals surface area contributed by atoms with E-state index in [9.17, 15) is 5.11 Å². The Morgan fingerprint density at radius 1 is 1.21 bits per heavy atom. The Balaban J connectivity index is 3.09. The van der Waals surface area contributed by atoms with Crippen LogP contribution in [0.3, 0.4) is 0 Å². The van der Waals surface area contributed by atoms with Gasteiger partial charge in [0.15, 0.2) is 11.5 Å². The van der Waals surface area contributed by atoms with Gasteiger partial charge in [-0.25, -0.2) is 5.48 Å². The molecule has 0 fully saturated rings. The van der Waals surface area contributed by atoms with Crippen LogP contribution in [-0.2, 0) is 6.54 Å². The minimum Gasteiger partial charge on any atom is -0.507 e. The molecule has 0 saturated heterocycles. The Labute approximate surface area is 81.8 Å². The van der Waals surface area contributed by atoms with Gasteiger partial charge in [0.1, 0.15) is 5.75 Å². The third kappa shape index (κ3) is 2.07. The third-order valence-corrected chi connectivity index (χ3v) is 1.85. The maximum absolute atomic E-state index is 9.49. The minimum absolute atomic E-state index is 0.0456. The van der Waals surface area contributed by atoms with E-state index in [1.54, 1.807) is 6.07 Å². The molecule has 0 aromatic heterocycles. The SMILES string of the molecule is COc1cc(O)c(CNO)cc1OC. The predicted octanol–water partition coefficient (Wildman–Crippen LogP) is 0.888. The van der Waals surface area contributed by atoms with Crippen LogP contribution >= 0.6 is 0 Å². The summed E-state index contributed by atoms with van der Waals surface area (Å²) in [6.07, 6.45) is 0. The molecule has 5 nitrogen and oxygen atoms in total. The lowest BCUT2D eigenvalue weighted by atomic mass is 10.2. The standard InChI is InChI=1S/C9H13NO4/c1-13-8-3-6(5-10-12)7(11)4-9(8)14-2/h3-4,10-12H,5H2,1-2H3. The number of phenolic OH excluding ortho intramolecular Hbond substituents is 1. The molecule has 0 unspecified atom stereocenters. The van der Waals surface area contributed by atoms with Crippen LogP contribution in [0.2, 0.25) is 0 Å². The van der Waals surface area contributed by atoms with Gasteiger partial charge in [-0.2, -0.15) is 0 Å². The molecule has 1 aromatic carbocycles. The Morgan fingerprint density at radius 3 is 2.29 bits per heavy atom. The molecule has 14 heavy (non-hydrogen) atoms. The molecule has 78 valence electrons. The Hall–Kier alpha value is -1.46. The summed E-state index contributed by atoms with van der Waals surface area (Å²) >= 11 is 0. The van der Waals surface area contributed by atoms with Crippen LogP contribution in [0.1, 0.15) is 5.56 Å². The lowest BCUT2D eigenvalue weighted by Gasteiger charge is -2.10. The second kappa shape index (κ2) is 4.69. The number of hydroxylamine groups is 1. The highest BCUT2D eigenvalue weighted by Crippen LogP contribution is 2.33. The van der Waals surface area contributed by atoms with E-state index in [1.807, 2.05) is 5.48 Å². The number of ether oxygens (including phenoxy) is 2. The summed E-state index contributed by atoms with van der Waals surface area (Å²) in [7, 11) is 2.99. The van der Waals surface area contributed by atoms with Crippen LogP contribution in [0.25, 0.3) is 0 Å². The van der Waals surface area contributed by atoms with Crippen LogP contribution in [0.4, 0.5) is 0 Å². The van der Waals surface area contributed by atoms with Gasteiger partial charge in [-0.3, -0.25) is 0 Å². The Kier molecular flexibility index (Phi) is 3.55. The molecule has 1 aromatic rings. The highest BCUT2D eigenvalue weighted by atomic mass is 16.5. The average molecular weight is 199 g/mol. The van der Waals surface area contributed by atoms with Gasteiger partial charge in [0.2, 0.25) is 0 Å². The summed E-state index contributed by atoms with van der Waals surface area (Å²) in [5.74, 6) is 1.01. The van der Waals surface area contributed by atoms with Crippen LogP contribution in [0.5, 0.6) is 17.2 Å². The van der Waals surface area contributed by atoms with E-state index >= 15 is 0 Å². The van der Waals surface area contributed by atoms with E-state index in [2.05, 4.69) is 0 Å². The van der Waals surface area contributed by atoms with Crippen molar-refractivity contribution in [3.8, 4) is 17.2 Å². The molecule has 0 aliphatic heterocycles. The maximum atomic E-state index is 9.49. The first kappa shape index (κ1) is 10.6. The first-order valence-electron chi connectivity index (χ1n) is 4.03. The van der Waals surface area contributed by atoms with Crippen molar-refractivity contribution < 1.29 is 19.8 Å². The van der Waals surface area contributed by atoms with E-state index in [0.29, 0.717) is 17.1 Å². The molecule has 5 heteroatoms. The molecule has 0 radical (unpaired) electrons. The van der Waals surface area contributed by atoms with E-state index in [4.69, 9.17) is 14.7 Å². The zero-order valence-corrected chi connectivity index (χ0v) is 8.07. The number of benzene rings is 1. The summed E-state index contributed by atoms with van der Waals surface area (Å²) in [5.41, 5.74) is 2.49. The van der Waals surface area contributed by atoms with Crippen molar-refractivity contribution in [2.24, 2.45) is 0 Å². The lowest BCUT2D eigenvalue weighted by molar-refractivity contribution is 0.160. The van der Waals surface area contributed by atoms with Crippen molar-refractivity contribution in [1.82, 2.24) is 5.48 Å². The predicted molar refractivity (Wildman–Crippen MR) is 49.8 cm³/mol. The fourth-order valence-electron chi connectivity index (χ4n) is 1.14.